The SMILES string of the molecule is CNC(Cc1nccc2sccc12)C(C)(C)C. The van der Waals surface area contributed by atoms with Crippen LogP contribution in [0.15, 0.2) is 23.7 Å². The highest BCUT2D eigenvalue weighted by atomic mass is 32.1. The van der Waals surface area contributed by atoms with Gasteiger partial charge in [0.2, 0.25) is 0 Å². The molecule has 0 radical (unpaired) electrons. The van der Waals surface area contributed by atoms with E-state index in [1.54, 1.807) is 11.3 Å². The van der Waals surface area contributed by atoms with Crippen molar-refractivity contribution in [2.45, 2.75) is 33.2 Å². The Bertz CT molecular complexity index is 496. The molecule has 0 fully saturated rings. The number of fused-ring (bicyclic) bond motifs is 1. The quantitative estimate of drug-likeness (QED) is 0.899. The zero-order chi connectivity index (χ0) is 12.5. The van der Waals surface area contributed by atoms with Crippen molar-refractivity contribution in [1.29, 1.82) is 0 Å². The number of pyridine rings is 1. The van der Waals surface area contributed by atoms with Crippen molar-refractivity contribution in [2.75, 3.05) is 7.05 Å². The van der Waals surface area contributed by atoms with Gasteiger partial charge in [0.1, 0.15) is 0 Å². The van der Waals surface area contributed by atoms with Gasteiger partial charge < -0.3 is 5.32 Å². The molecule has 2 nitrogen and oxygen atoms in total. The van der Waals surface area contributed by atoms with Crippen molar-refractivity contribution >= 4 is 21.4 Å². The molecule has 2 aromatic heterocycles. The van der Waals surface area contributed by atoms with Gasteiger partial charge in [-0.25, -0.2) is 0 Å². The van der Waals surface area contributed by atoms with Gasteiger partial charge >= 0.3 is 0 Å². The lowest BCUT2D eigenvalue weighted by atomic mass is 9.84. The van der Waals surface area contributed by atoms with Gasteiger partial charge in [-0.1, -0.05) is 20.8 Å². The molecule has 0 aliphatic rings. The summed E-state index contributed by atoms with van der Waals surface area (Å²) in [6.45, 7) is 6.80. The summed E-state index contributed by atoms with van der Waals surface area (Å²) in [5.41, 5.74) is 1.45. The Labute approximate surface area is 107 Å². The molecule has 2 heterocycles. The third-order valence-electron chi connectivity index (χ3n) is 3.25. The summed E-state index contributed by atoms with van der Waals surface area (Å²) in [5.74, 6) is 0. The van der Waals surface area contributed by atoms with E-state index in [4.69, 9.17) is 0 Å². The van der Waals surface area contributed by atoms with Crippen LogP contribution in [0, 0.1) is 5.41 Å². The fourth-order valence-corrected chi connectivity index (χ4v) is 2.95. The molecule has 0 bridgehead atoms. The smallest absolute Gasteiger partial charge is 0.0506 e. The molecule has 0 aromatic carbocycles. The van der Waals surface area contributed by atoms with Gasteiger partial charge in [-0.05, 0) is 30.0 Å². The monoisotopic (exact) mass is 248 g/mol. The minimum absolute atomic E-state index is 0.245. The van der Waals surface area contributed by atoms with E-state index < -0.39 is 0 Å². The van der Waals surface area contributed by atoms with E-state index in [0.717, 1.165) is 6.42 Å². The summed E-state index contributed by atoms with van der Waals surface area (Å²) in [6.07, 6.45) is 2.90. The van der Waals surface area contributed by atoms with E-state index >= 15 is 0 Å². The van der Waals surface area contributed by atoms with Crippen LogP contribution >= 0.6 is 11.3 Å². The molecular weight excluding hydrogens is 228 g/mol. The number of nitrogens with one attached hydrogen (secondary N) is 1. The molecule has 1 N–H and O–H groups in total. The first kappa shape index (κ1) is 12.5. The standard InChI is InChI=1S/C14H20N2S/c1-14(2,3)13(15-4)9-11-10-6-8-17-12(10)5-7-16-11/h5-8,13,15H,9H2,1-4H3. The number of likely N-dealkylation sites (N-methyl/N-ethyl adjacent to an activating group) is 1. The first-order valence-electron chi connectivity index (χ1n) is 6.00. The third-order valence-corrected chi connectivity index (χ3v) is 4.14. The Hall–Kier alpha value is -0.930. The molecule has 0 spiro atoms. The van der Waals surface area contributed by atoms with Crippen LogP contribution in [-0.4, -0.2) is 18.1 Å². The Morgan fingerprint density at radius 3 is 2.76 bits per heavy atom. The molecule has 0 saturated carbocycles. The average Bonchev–Trinajstić information content (AvgIpc) is 2.72. The molecule has 0 aliphatic carbocycles. The summed E-state index contributed by atoms with van der Waals surface area (Å²) in [6, 6.07) is 4.72. The Morgan fingerprint density at radius 1 is 1.35 bits per heavy atom. The Morgan fingerprint density at radius 2 is 2.12 bits per heavy atom. The Balaban J connectivity index is 2.31. The number of aromatic nitrogens is 1. The Kier molecular flexibility index (Phi) is 3.50. The zero-order valence-electron chi connectivity index (χ0n) is 10.9. The number of rotatable bonds is 3. The van der Waals surface area contributed by atoms with Crippen LogP contribution in [-0.2, 0) is 6.42 Å². The summed E-state index contributed by atoms with van der Waals surface area (Å²) in [5, 5.41) is 6.86. The fraction of sp³-hybridized carbons (Fsp3) is 0.500. The second-order valence-electron chi connectivity index (χ2n) is 5.50. The lowest BCUT2D eigenvalue weighted by molar-refractivity contribution is 0.279. The van der Waals surface area contributed by atoms with Gasteiger partial charge in [0.25, 0.3) is 0 Å². The number of thiophene rings is 1. The lowest BCUT2D eigenvalue weighted by Gasteiger charge is -2.30. The molecule has 0 aliphatic heterocycles. The highest BCUT2D eigenvalue weighted by molar-refractivity contribution is 7.17. The molecule has 1 atom stereocenters. The van der Waals surface area contributed by atoms with E-state index in [9.17, 15) is 0 Å². The van der Waals surface area contributed by atoms with Crippen molar-refractivity contribution in [1.82, 2.24) is 10.3 Å². The molecule has 0 amide bonds. The van der Waals surface area contributed by atoms with Gasteiger partial charge in [0, 0.05) is 28.7 Å². The highest BCUT2D eigenvalue weighted by Gasteiger charge is 2.24. The van der Waals surface area contributed by atoms with Crippen molar-refractivity contribution < 1.29 is 0 Å². The number of nitrogens with zero attached hydrogens (tertiary/aromatic N) is 1. The minimum Gasteiger partial charge on any atom is -0.316 e. The van der Waals surface area contributed by atoms with Crippen LogP contribution in [0.4, 0.5) is 0 Å². The maximum absolute atomic E-state index is 4.55. The maximum atomic E-state index is 4.55. The van der Waals surface area contributed by atoms with E-state index in [1.165, 1.54) is 15.8 Å². The van der Waals surface area contributed by atoms with E-state index in [1.807, 2.05) is 13.2 Å². The van der Waals surface area contributed by atoms with Gasteiger partial charge in [-0.3, -0.25) is 4.98 Å². The molecule has 17 heavy (non-hydrogen) atoms. The summed E-state index contributed by atoms with van der Waals surface area (Å²) in [4.78, 5) is 4.55. The summed E-state index contributed by atoms with van der Waals surface area (Å²) < 4.78 is 1.33. The molecule has 2 rings (SSSR count). The predicted octanol–water partition coefficient (Wildman–Crippen LogP) is 3.47. The fourth-order valence-electron chi connectivity index (χ4n) is 2.15. The van der Waals surface area contributed by atoms with Gasteiger partial charge in [0.05, 0.1) is 5.69 Å². The van der Waals surface area contributed by atoms with Gasteiger partial charge in [-0.2, -0.15) is 0 Å². The van der Waals surface area contributed by atoms with Gasteiger partial charge in [-0.15, -0.1) is 11.3 Å². The van der Waals surface area contributed by atoms with Crippen molar-refractivity contribution in [3.05, 3.63) is 29.4 Å². The zero-order valence-corrected chi connectivity index (χ0v) is 11.8. The second kappa shape index (κ2) is 4.75. The van der Waals surface area contributed by atoms with Crippen LogP contribution in [0.25, 0.3) is 10.1 Å². The van der Waals surface area contributed by atoms with Crippen LogP contribution < -0.4 is 5.32 Å². The van der Waals surface area contributed by atoms with E-state index in [0.29, 0.717) is 6.04 Å². The first-order chi connectivity index (χ1) is 8.02. The molecular formula is C14H20N2S. The van der Waals surface area contributed by atoms with Crippen molar-refractivity contribution in [2.24, 2.45) is 5.41 Å². The molecule has 92 valence electrons. The number of hydrogen-bond donors (Lipinski definition) is 1. The van der Waals surface area contributed by atoms with Crippen LogP contribution in [0.1, 0.15) is 26.5 Å². The van der Waals surface area contributed by atoms with Crippen LogP contribution in [0.5, 0.6) is 0 Å². The largest absolute Gasteiger partial charge is 0.316 e. The predicted molar refractivity (Wildman–Crippen MR) is 75.6 cm³/mol. The number of hydrogen-bond acceptors (Lipinski definition) is 3. The highest BCUT2D eigenvalue weighted by Crippen LogP contribution is 2.27. The normalized spacial score (nSPS) is 14.1. The summed E-state index contributed by atoms with van der Waals surface area (Å²) in [7, 11) is 2.03. The van der Waals surface area contributed by atoms with E-state index in [-0.39, 0.29) is 5.41 Å². The van der Waals surface area contributed by atoms with Gasteiger partial charge in [0.15, 0.2) is 0 Å². The lowest BCUT2D eigenvalue weighted by Crippen LogP contribution is -2.40. The van der Waals surface area contributed by atoms with Crippen LogP contribution in [0.2, 0.25) is 0 Å². The minimum atomic E-state index is 0.245. The molecule has 3 heteroatoms. The van der Waals surface area contributed by atoms with Crippen LogP contribution in [0.3, 0.4) is 0 Å². The third kappa shape index (κ3) is 2.67. The molecule has 0 saturated heterocycles. The maximum Gasteiger partial charge on any atom is 0.0506 e. The topological polar surface area (TPSA) is 24.9 Å². The first-order valence-corrected chi connectivity index (χ1v) is 6.88. The second-order valence-corrected chi connectivity index (χ2v) is 6.45. The van der Waals surface area contributed by atoms with Crippen molar-refractivity contribution in [3.8, 4) is 0 Å². The molecule has 1 unspecified atom stereocenters. The average molecular weight is 248 g/mol. The summed E-state index contributed by atoms with van der Waals surface area (Å²) >= 11 is 1.78. The van der Waals surface area contributed by atoms with E-state index in [2.05, 4.69) is 48.6 Å². The molecule has 2 aromatic rings. The van der Waals surface area contributed by atoms with Crippen molar-refractivity contribution in [3.63, 3.8) is 0 Å².